The van der Waals surface area contributed by atoms with Crippen LogP contribution in [0.3, 0.4) is 0 Å². The Morgan fingerprint density at radius 1 is 1.06 bits per heavy atom. The number of benzene rings is 1. The molecule has 1 aromatic carbocycles. The summed E-state index contributed by atoms with van der Waals surface area (Å²) in [6, 6.07) is 9.62. The van der Waals surface area contributed by atoms with E-state index >= 15 is 0 Å². The zero-order valence-corrected chi connectivity index (χ0v) is 9.86. The number of aryl methyl sites for hydroxylation is 1. The van der Waals surface area contributed by atoms with Gasteiger partial charge in [-0.15, -0.1) is 0 Å². The molecule has 1 aliphatic carbocycles. The maximum atomic E-state index is 11.8. The van der Waals surface area contributed by atoms with Crippen LogP contribution in [0.4, 0.5) is 0 Å². The SMILES string of the molecule is Cc1c[nH]c2c1C(c1ccccc1)=CC(=O)C2=O. The maximum Gasteiger partial charge on any atom is 0.249 e. The number of nitrogens with one attached hydrogen (secondary N) is 1. The Kier molecular flexibility index (Phi) is 2.27. The van der Waals surface area contributed by atoms with Crippen molar-refractivity contribution in [1.29, 1.82) is 0 Å². The molecule has 0 aliphatic heterocycles. The molecule has 3 rings (SSSR count). The van der Waals surface area contributed by atoms with E-state index in [-0.39, 0.29) is 0 Å². The van der Waals surface area contributed by atoms with Gasteiger partial charge in [0.1, 0.15) is 0 Å². The van der Waals surface area contributed by atoms with Gasteiger partial charge < -0.3 is 4.98 Å². The second-order valence-corrected chi connectivity index (χ2v) is 4.34. The first kappa shape index (κ1) is 10.7. The standard InChI is InChI=1S/C15H11NO2/c1-9-8-16-14-13(9)11(7-12(17)15(14)18)10-5-3-2-4-6-10/h2-8,16H,1H3. The van der Waals surface area contributed by atoms with Crippen molar-refractivity contribution >= 4 is 17.1 Å². The fourth-order valence-corrected chi connectivity index (χ4v) is 2.29. The van der Waals surface area contributed by atoms with Crippen molar-refractivity contribution in [1.82, 2.24) is 4.98 Å². The quantitative estimate of drug-likeness (QED) is 0.775. The van der Waals surface area contributed by atoms with Crippen molar-refractivity contribution in [3.63, 3.8) is 0 Å². The molecule has 2 aromatic rings. The molecular formula is C15H11NO2. The summed E-state index contributed by atoms with van der Waals surface area (Å²) in [5.41, 5.74) is 3.97. The lowest BCUT2D eigenvalue weighted by Crippen LogP contribution is -2.19. The second-order valence-electron chi connectivity index (χ2n) is 4.34. The zero-order valence-electron chi connectivity index (χ0n) is 9.86. The maximum absolute atomic E-state index is 11.8. The summed E-state index contributed by atoms with van der Waals surface area (Å²) >= 11 is 0. The molecule has 0 saturated heterocycles. The molecule has 88 valence electrons. The summed E-state index contributed by atoms with van der Waals surface area (Å²) in [6.45, 7) is 1.93. The average molecular weight is 237 g/mol. The molecule has 0 atom stereocenters. The number of hydrogen-bond acceptors (Lipinski definition) is 2. The van der Waals surface area contributed by atoms with E-state index in [2.05, 4.69) is 4.98 Å². The molecule has 0 bridgehead atoms. The fraction of sp³-hybridized carbons (Fsp3) is 0.0667. The first-order valence-electron chi connectivity index (χ1n) is 5.72. The number of H-pyrrole nitrogens is 1. The van der Waals surface area contributed by atoms with Gasteiger partial charge in [-0.3, -0.25) is 9.59 Å². The van der Waals surface area contributed by atoms with E-state index in [0.29, 0.717) is 5.69 Å². The van der Waals surface area contributed by atoms with Crippen LogP contribution in [0, 0.1) is 6.92 Å². The number of ketones is 2. The van der Waals surface area contributed by atoms with Crippen molar-refractivity contribution in [3.05, 3.63) is 65.0 Å². The van der Waals surface area contributed by atoms with E-state index in [1.165, 1.54) is 6.08 Å². The first-order chi connectivity index (χ1) is 8.68. The first-order valence-corrected chi connectivity index (χ1v) is 5.72. The molecule has 1 heterocycles. The van der Waals surface area contributed by atoms with E-state index in [4.69, 9.17) is 0 Å². The Morgan fingerprint density at radius 2 is 1.78 bits per heavy atom. The molecule has 1 aromatic heterocycles. The summed E-state index contributed by atoms with van der Waals surface area (Å²) in [7, 11) is 0. The highest BCUT2D eigenvalue weighted by Crippen LogP contribution is 2.32. The highest BCUT2D eigenvalue weighted by atomic mass is 16.2. The molecule has 3 nitrogen and oxygen atoms in total. The molecule has 0 amide bonds. The fourth-order valence-electron chi connectivity index (χ4n) is 2.29. The van der Waals surface area contributed by atoms with Crippen LogP contribution in [0.5, 0.6) is 0 Å². The summed E-state index contributed by atoms with van der Waals surface area (Å²) in [4.78, 5) is 26.4. The summed E-state index contributed by atoms with van der Waals surface area (Å²) in [5.74, 6) is -0.930. The molecule has 3 heteroatoms. The van der Waals surface area contributed by atoms with Gasteiger partial charge in [0.05, 0.1) is 5.69 Å². The highest BCUT2D eigenvalue weighted by Gasteiger charge is 2.28. The Balaban J connectivity index is 2.27. The molecule has 0 unspecified atom stereocenters. The number of fused-ring (bicyclic) bond motifs is 1. The predicted molar refractivity (Wildman–Crippen MR) is 68.4 cm³/mol. The summed E-state index contributed by atoms with van der Waals surface area (Å²) < 4.78 is 0. The Labute approximate surface area is 104 Å². The number of aromatic nitrogens is 1. The molecule has 0 radical (unpaired) electrons. The van der Waals surface area contributed by atoms with E-state index in [0.717, 1.165) is 22.3 Å². The van der Waals surface area contributed by atoms with Crippen LogP contribution < -0.4 is 0 Å². The van der Waals surface area contributed by atoms with Crippen LogP contribution in [-0.4, -0.2) is 16.6 Å². The van der Waals surface area contributed by atoms with Gasteiger partial charge in [-0.2, -0.15) is 0 Å². The van der Waals surface area contributed by atoms with E-state index < -0.39 is 11.6 Å². The number of allylic oxidation sites excluding steroid dienone is 1. The Bertz CT molecular complexity index is 678. The minimum atomic E-state index is -0.469. The number of Topliss-reactive ketones (excluding diaryl/α,β-unsaturated/α-hetero) is 1. The number of rotatable bonds is 1. The molecule has 0 saturated carbocycles. The number of hydrogen-bond donors (Lipinski definition) is 1. The van der Waals surface area contributed by atoms with Crippen LogP contribution in [0.15, 0.2) is 42.6 Å². The van der Waals surface area contributed by atoms with Gasteiger partial charge in [0.25, 0.3) is 0 Å². The van der Waals surface area contributed by atoms with Crippen LogP contribution in [0.25, 0.3) is 5.57 Å². The topological polar surface area (TPSA) is 49.9 Å². The van der Waals surface area contributed by atoms with Crippen molar-refractivity contribution in [2.45, 2.75) is 6.92 Å². The average Bonchev–Trinajstić information content (AvgIpc) is 2.77. The molecule has 18 heavy (non-hydrogen) atoms. The Morgan fingerprint density at radius 3 is 2.50 bits per heavy atom. The lowest BCUT2D eigenvalue weighted by Gasteiger charge is -2.14. The number of aromatic amines is 1. The highest BCUT2D eigenvalue weighted by molar-refractivity contribution is 6.50. The lowest BCUT2D eigenvalue weighted by atomic mass is 9.88. The minimum absolute atomic E-state index is 0.402. The lowest BCUT2D eigenvalue weighted by molar-refractivity contribution is -0.111. The van der Waals surface area contributed by atoms with Crippen LogP contribution in [0.1, 0.15) is 27.2 Å². The van der Waals surface area contributed by atoms with Gasteiger partial charge >= 0.3 is 0 Å². The summed E-state index contributed by atoms with van der Waals surface area (Å²) in [5, 5.41) is 0. The molecule has 1 N–H and O–H groups in total. The smallest absolute Gasteiger partial charge is 0.249 e. The third kappa shape index (κ3) is 1.44. The van der Waals surface area contributed by atoms with Crippen LogP contribution in [-0.2, 0) is 4.79 Å². The van der Waals surface area contributed by atoms with Crippen molar-refractivity contribution in [3.8, 4) is 0 Å². The van der Waals surface area contributed by atoms with Crippen molar-refractivity contribution < 1.29 is 9.59 Å². The minimum Gasteiger partial charge on any atom is -0.358 e. The van der Waals surface area contributed by atoms with Gasteiger partial charge in [-0.05, 0) is 29.7 Å². The zero-order chi connectivity index (χ0) is 12.7. The number of carbonyl (C=O) groups excluding carboxylic acids is 2. The molecule has 0 fully saturated rings. The normalized spacial score (nSPS) is 14.4. The van der Waals surface area contributed by atoms with Gasteiger partial charge in [0.2, 0.25) is 11.6 Å². The van der Waals surface area contributed by atoms with Gasteiger partial charge in [0.15, 0.2) is 0 Å². The third-order valence-corrected chi connectivity index (χ3v) is 3.16. The monoisotopic (exact) mass is 237 g/mol. The number of carbonyl (C=O) groups is 2. The predicted octanol–water partition coefficient (Wildman–Crippen LogP) is 2.52. The van der Waals surface area contributed by atoms with E-state index in [1.807, 2.05) is 37.3 Å². The van der Waals surface area contributed by atoms with Gasteiger partial charge in [-0.1, -0.05) is 30.3 Å². The molecule has 1 aliphatic rings. The third-order valence-electron chi connectivity index (χ3n) is 3.16. The van der Waals surface area contributed by atoms with E-state index in [9.17, 15) is 9.59 Å². The Hall–Kier alpha value is -2.42. The van der Waals surface area contributed by atoms with Crippen LogP contribution >= 0.6 is 0 Å². The van der Waals surface area contributed by atoms with Gasteiger partial charge in [0, 0.05) is 11.8 Å². The van der Waals surface area contributed by atoms with Crippen molar-refractivity contribution in [2.75, 3.05) is 0 Å². The summed E-state index contributed by atoms with van der Waals surface area (Å²) in [6.07, 6.45) is 3.19. The second kappa shape index (κ2) is 3.81. The largest absolute Gasteiger partial charge is 0.358 e. The van der Waals surface area contributed by atoms with Crippen molar-refractivity contribution in [2.24, 2.45) is 0 Å². The van der Waals surface area contributed by atoms with Crippen LogP contribution in [0.2, 0.25) is 0 Å². The molecule has 0 spiro atoms. The van der Waals surface area contributed by atoms with E-state index in [1.54, 1.807) is 6.20 Å². The molecular weight excluding hydrogens is 226 g/mol. The van der Waals surface area contributed by atoms with Gasteiger partial charge in [-0.25, -0.2) is 0 Å².